The fraction of sp³-hybridized carbons (Fsp3) is 0.400. The lowest BCUT2D eigenvalue weighted by atomic mass is 10.00. The molecule has 2 aromatic carbocycles. The molecule has 4 heteroatoms. The molecule has 4 rings (SSSR count). The standard InChI is InChI=1S/C20H22N2O2/c23-19(22-10-3-4-11-22)13-21-20(24)18-12-17(18)16-9-5-7-14-6-1-2-8-15(14)16/h1-2,5-9,17-18H,3-4,10-13H2,(H,21,24)/t17-,18-/m0/s1. The molecule has 0 spiro atoms. The Morgan fingerprint density at radius 1 is 1.04 bits per heavy atom. The number of hydrogen-bond donors (Lipinski definition) is 1. The third-order valence-electron chi connectivity index (χ3n) is 5.22. The number of hydrogen-bond acceptors (Lipinski definition) is 2. The summed E-state index contributed by atoms with van der Waals surface area (Å²) in [6.07, 6.45) is 3.02. The highest BCUT2D eigenvalue weighted by atomic mass is 16.2. The van der Waals surface area contributed by atoms with E-state index in [4.69, 9.17) is 0 Å². The lowest BCUT2D eigenvalue weighted by Gasteiger charge is -2.15. The zero-order valence-electron chi connectivity index (χ0n) is 13.7. The van der Waals surface area contributed by atoms with E-state index < -0.39 is 0 Å². The van der Waals surface area contributed by atoms with Gasteiger partial charge in [-0.2, -0.15) is 0 Å². The molecule has 24 heavy (non-hydrogen) atoms. The quantitative estimate of drug-likeness (QED) is 0.941. The van der Waals surface area contributed by atoms with Crippen LogP contribution in [0, 0.1) is 5.92 Å². The van der Waals surface area contributed by atoms with Crippen LogP contribution >= 0.6 is 0 Å². The van der Waals surface area contributed by atoms with Crippen molar-refractivity contribution in [2.75, 3.05) is 19.6 Å². The number of benzene rings is 2. The van der Waals surface area contributed by atoms with E-state index in [2.05, 4.69) is 35.6 Å². The number of rotatable bonds is 4. The summed E-state index contributed by atoms with van der Waals surface area (Å²) < 4.78 is 0. The van der Waals surface area contributed by atoms with Crippen LogP contribution in [0.4, 0.5) is 0 Å². The highest BCUT2D eigenvalue weighted by Gasteiger charge is 2.44. The summed E-state index contributed by atoms with van der Waals surface area (Å²) in [5, 5.41) is 5.28. The maximum absolute atomic E-state index is 12.4. The first-order chi connectivity index (χ1) is 11.7. The maximum atomic E-state index is 12.4. The lowest BCUT2D eigenvalue weighted by molar-refractivity contribution is -0.132. The van der Waals surface area contributed by atoms with Crippen LogP contribution in [0.25, 0.3) is 10.8 Å². The van der Waals surface area contributed by atoms with E-state index in [9.17, 15) is 9.59 Å². The fourth-order valence-electron chi connectivity index (χ4n) is 3.77. The summed E-state index contributed by atoms with van der Waals surface area (Å²) >= 11 is 0. The average Bonchev–Trinajstić information content (AvgIpc) is 3.22. The number of nitrogens with one attached hydrogen (secondary N) is 1. The van der Waals surface area contributed by atoms with E-state index in [-0.39, 0.29) is 30.2 Å². The Morgan fingerprint density at radius 2 is 1.79 bits per heavy atom. The summed E-state index contributed by atoms with van der Waals surface area (Å²) in [6, 6.07) is 14.6. The van der Waals surface area contributed by atoms with E-state index in [1.807, 2.05) is 17.0 Å². The minimum absolute atomic E-state index is 0.00202. The molecule has 0 unspecified atom stereocenters. The van der Waals surface area contributed by atoms with Crippen molar-refractivity contribution in [2.24, 2.45) is 5.92 Å². The number of nitrogens with zero attached hydrogens (tertiary/aromatic N) is 1. The minimum atomic E-state index is 0.00202. The van der Waals surface area contributed by atoms with Crippen molar-refractivity contribution >= 4 is 22.6 Å². The van der Waals surface area contributed by atoms with Gasteiger partial charge in [-0.05, 0) is 41.5 Å². The fourth-order valence-corrected chi connectivity index (χ4v) is 3.77. The first-order valence-electron chi connectivity index (χ1n) is 8.77. The van der Waals surface area contributed by atoms with Gasteiger partial charge in [0.1, 0.15) is 0 Å². The molecule has 1 saturated carbocycles. The van der Waals surface area contributed by atoms with E-state index >= 15 is 0 Å². The highest BCUT2D eigenvalue weighted by Crippen LogP contribution is 2.49. The molecule has 0 aromatic heterocycles. The van der Waals surface area contributed by atoms with Crippen LogP contribution < -0.4 is 5.32 Å². The largest absolute Gasteiger partial charge is 0.347 e. The molecular formula is C20H22N2O2. The van der Waals surface area contributed by atoms with E-state index in [1.165, 1.54) is 16.3 Å². The van der Waals surface area contributed by atoms with Crippen molar-refractivity contribution in [3.8, 4) is 0 Å². The van der Waals surface area contributed by atoms with Gasteiger partial charge >= 0.3 is 0 Å². The summed E-state index contributed by atoms with van der Waals surface area (Å²) in [6.45, 7) is 1.80. The summed E-state index contributed by atoms with van der Waals surface area (Å²) in [5.74, 6) is 0.337. The first-order valence-corrected chi connectivity index (χ1v) is 8.77. The van der Waals surface area contributed by atoms with E-state index in [0.717, 1.165) is 32.4 Å². The zero-order chi connectivity index (χ0) is 16.5. The molecule has 2 fully saturated rings. The SMILES string of the molecule is O=C(NCC(=O)N1CCCC1)[C@H]1C[C@H]1c1cccc2ccccc12. The van der Waals surface area contributed by atoms with Crippen LogP contribution in [0.3, 0.4) is 0 Å². The van der Waals surface area contributed by atoms with Crippen molar-refractivity contribution in [3.63, 3.8) is 0 Å². The second-order valence-corrected chi connectivity index (χ2v) is 6.82. The van der Waals surface area contributed by atoms with Gasteiger partial charge in [0, 0.05) is 19.0 Å². The van der Waals surface area contributed by atoms with Gasteiger partial charge in [-0.25, -0.2) is 0 Å². The summed E-state index contributed by atoms with van der Waals surface area (Å²) in [4.78, 5) is 26.2. The van der Waals surface area contributed by atoms with Crippen molar-refractivity contribution in [1.82, 2.24) is 10.2 Å². The number of likely N-dealkylation sites (tertiary alicyclic amines) is 1. The highest BCUT2D eigenvalue weighted by molar-refractivity contribution is 5.91. The van der Waals surface area contributed by atoms with Crippen molar-refractivity contribution in [1.29, 1.82) is 0 Å². The lowest BCUT2D eigenvalue weighted by Crippen LogP contribution is -2.39. The topological polar surface area (TPSA) is 49.4 Å². The Kier molecular flexibility index (Phi) is 3.97. The molecule has 1 aliphatic heterocycles. The van der Waals surface area contributed by atoms with E-state index in [0.29, 0.717) is 0 Å². The molecule has 0 bridgehead atoms. The smallest absolute Gasteiger partial charge is 0.241 e. The first kappa shape index (κ1) is 15.2. The van der Waals surface area contributed by atoms with Gasteiger partial charge < -0.3 is 10.2 Å². The Balaban J connectivity index is 1.38. The van der Waals surface area contributed by atoms with Crippen LogP contribution in [-0.4, -0.2) is 36.3 Å². The second kappa shape index (κ2) is 6.27. The van der Waals surface area contributed by atoms with Gasteiger partial charge in [-0.15, -0.1) is 0 Å². The molecule has 2 aliphatic rings. The van der Waals surface area contributed by atoms with Crippen molar-refractivity contribution in [2.45, 2.75) is 25.2 Å². The average molecular weight is 322 g/mol. The predicted octanol–water partition coefficient (Wildman–Crippen LogP) is 2.68. The molecule has 1 heterocycles. The van der Waals surface area contributed by atoms with Crippen LogP contribution in [0.1, 0.15) is 30.7 Å². The maximum Gasteiger partial charge on any atom is 0.241 e. The molecule has 2 atom stereocenters. The molecule has 1 saturated heterocycles. The van der Waals surface area contributed by atoms with Crippen molar-refractivity contribution < 1.29 is 9.59 Å². The van der Waals surface area contributed by atoms with Crippen molar-refractivity contribution in [3.05, 3.63) is 48.0 Å². The van der Waals surface area contributed by atoms with E-state index in [1.54, 1.807) is 0 Å². The monoisotopic (exact) mass is 322 g/mol. The zero-order valence-corrected chi connectivity index (χ0v) is 13.7. The van der Waals surface area contributed by atoms with Gasteiger partial charge in [0.2, 0.25) is 11.8 Å². The number of amides is 2. The van der Waals surface area contributed by atoms with Crippen LogP contribution in [0.2, 0.25) is 0 Å². The number of carbonyl (C=O) groups is 2. The molecule has 2 aromatic rings. The summed E-state index contributed by atoms with van der Waals surface area (Å²) in [7, 11) is 0. The number of fused-ring (bicyclic) bond motifs is 1. The normalized spacial score (nSPS) is 22.6. The molecular weight excluding hydrogens is 300 g/mol. The molecule has 124 valence electrons. The van der Waals surface area contributed by atoms with Gasteiger partial charge in [0.05, 0.1) is 6.54 Å². The van der Waals surface area contributed by atoms with Crippen LogP contribution in [0.5, 0.6) is 0 Å². The van der Waals surface area contributed by atoms with Crippen LogP contribution in [0.15, 0.2) is 42.5 Å². The predicted molar refractivity (Wildman–Crippen MR) is 93.6 cm³/mol. The number of carbonyl (C=O) groups excluding carboxylic acids is 2. The Morgan fingerprint density at radius 3 is 2.62 bits per heavy atom. The molecule has 1 aliphatic carbocycles. The Labute approximate surface area is 141 Å². The molecule has 4 nitrogen and oxygen atoms in total. The third kappa shape index (κ3) is 2.88. The Hall–Kier alpha value is -2.36. The minimum Gasteiger partial charge on any atom is -0.347 e. The molecule has 0 radical (unpaired) electrons. The second-order valence-electron chi connectivity index (χ2n) is 6.82. The van der Waals surface area contributed by atoms with Gasteiger partial charge in [-0.3, -0.25) is 9.59 Å². The van der Waals surface area contributed by atoms with Gasteiger partial charge in [0.25, 0.3) is 0 Å². The summed E-state index contributed by atoms with van der Waals surface area (Å²) in [5.41, 5.74) is 1.25. The van der Waals surface area contributed by atoms with Gasteiger partial charge in [0.15, 0.2) is 0 Å². The van der Waals surface area contributed by atoms with Gasteiger partial charge in [-0.1, -0.05) is 42.5 Å². The van der Waals surface area contributed by atoms with Crippen LogP contribution in [-0.2, 0) is 9.59 Å². The third-order valence-corrected chi connectivity index (χ3v) is 5.22. The molecule has 1 N–H and O–H groups in total. The Bertz CT molecular complexity index is 775. The molecule has 2 amide bonds.